The molecule has 0 fully saturated rings. The quantitative estimate of drug-likeness (QED) is 0.848. The summed E-state index contributed by atoms with van der Waals surface area (Å²) in [5.74, 6) is 0.695. The van der Waals surface area contributed by atoms with E-state index in [0.717, 1.165) is 5.56 Å². The van der Waals surface area contributed by atoms with Crippen LogP contribution in [0.4, 0.5) is 0 Å². The van der Waals surface area contributed by atoms with Gasteiger partial charge >= 0.3 is 0 Å². The topological polar surface area (TPSA) is 46.6 Å². The summed E-state index contributed by atoms with van der Waals surface area (Å²) in [6, 6.07) is 13.5. The smallest absolute Gasteiger partial charge is 0.243 e. The lowest BCUT2D eigenvalue weighted by molar-refractivity contribution is 0.412. The third-order valence-electron chi connectivity index (χ3n) is 3.04. The van der Waals surface area contributed by atoms with Crippen LogP contribution >= 0.6 is 11.6 Å². The molecule has 6 heteroatoms. The molecule has 0 aliphatic rings. The van der Waals surface area contributed by atoms with Gasteiger partial charge in [-0.2, -0.15) is 4.31 Å². The molecular formula is C15H16ClNO3S. The first-order chi connectivity index (χ1) is 9.93. The van der Waals surface area contributed by atoms with Crippen LogP contribution in [0.2, 0.25) is 5.02 Å². The summed E-state index contributed by atoms with van der Waals surface area (Å²) in [7, 11) is -0.459. The van der Waals surface area contributed by atoms with Gasteiger partial charge in [0.25, 0.3) is 0 Å². The first-order valence-electron chi connectivity index (χ1n) is 6.28. The highest BCUT2D eigenvalue weighted by molar-refractivity contribution is 7.89. The maximum absolute atomic E-state index is 12.5. The predicted octanol–water partition coefficient (Wildman–Crippen LogP) is 3.17. The second-order valence-electron chi connectivity index (χ2n) is 4.57. The summed E-state index contributed by atoms with van der Waals surface area (Å²) in [5, 5.41) is 0.394. The van der Waals surface area contributed by atoms with Crippen molar-refractivity contribution in [2.75, 3.05) is 14.2 Å². The summed E-state index contributed by atoms with van der Waals surface area (Å²) in [6.45, 7) is 0.256. The van der Waals surface area contributed by atoms with E-state index in [9.17, 15) is 8.42 Å². The molecule has 4 nitrogen and oxygen atoms in total. The molecule has 0 unspecified atom stereocenters. The first kappa shape index (κ1) is 15.8. The third-order valence-corrected chi connectivity index (χ3v) is 5.08. The Labute approximate surface area is 130 Å². The number of rotatable bonds is 5. The highest BCUT2D eigenvalue weighted by Gasteiger charge is 2.21. The summed E-state index contributed by atoms with van der Waals surface area (Å²) in [4.78, 5) is 0.181. The molecule has 0 radical (unpaired) electrons. The van der Waals surface area contributed by atoms with E-state index in [-0.39, 0.29) is 11.4 Å². The molecule has 0 aromatic heterocycles. The number of hydrogen-bond donors (Lipinski definition) is 0. The Morgan fingerprint density at radius 1 is 1.14 bits per heavy atom. The van der Waals surface area contributed by atoms with Crippen molar-refractivity contribution in [3.05, 3.63) is 59.1 Å². The molecule has 2 aromatic rings. The number of methoxy groups -OCH3 is 1. The highest BCUT2D eigenvalue weighted by Crippen LogP contribution is 2.21. The average molecular weight is 326 g/mol. The number of ether oxygens (including phenoxy) is 1. The van der Waals surface area contributed by atoms with E-state index < -0.39 is 10.0 Å². The monoisotopic (exact) mass is 325 g/mol. The van der Waals surface area contributed by atoms with Gasteiger partial charge in [-0.15, -0.1) is 0 Å². The predicted molar refractivity (Wildman–Crippen MR) is 83.1 cm³/mol. The van der Waals surface area contributed by atoms with E-state index in [1.807, 2.05) is 24.3 Å². The summed E-state index contributed by atoms with van der Waals surface area (Å²) in [5.41, 5.74) is 0.849. The van der Waals surface area contributed by atoms with Gasteiger partial charge in [0.2, 0.25) is 10.0 Å². The van der Waals surface area contributed by atoms with Crippen LogP contribution in [0.3, 0.4) is 0 Å². The van der Waals surface area contributed by atoms with Gasteiger partial charge in [0.05, 0.1) is 12.0 Å². The van der Waals surface area contributed by atoms with Gasteiger partial charge in [0.1, 0.15) is 5.75 Å². The van der Waals surface area contributed by atoms with Gasteiger partial charge < -0.3 is 4.74 Å². The molecule has 2 rings (SSSR count). The second kappa shape index (κ2) is 6.47. The number of hydrogen-bond acceptors (Lipinski definition) is 3. The molecule has 0 saturated heterocycles. The Morgan fingerprint density at radius 3 is 2.52 bits per heavy atom. The van der Waals surface area contributed by atoms with Gasteiger partial charge in [-0.25, -0.2) is 8.42 Å². The molecule has 0 saturated carbocycles. The Balaban J connectivity index is 2.24. The Bertz CT molecular complexity index is 731. The molecule has 0 atom stereocenters. The van der Waals surface area contributed by atoms with Crippen LogP contribution in [-0.2, 0) is 16.6 Å². The minimum atomic E-state index is -3.57. The van der Waals surface area contributed by atoms with Crippen molar-refractivity contribution in [3.8, 4) is 5.75 Å². The van der Waals surface area contributed by atoms with Crippen LogP contribution < -0.4 is 4.74 Å². The van der Waals surface area contributed by atoms with E-state index >= 15 is 0 Å². The Hall–Kier alpha value is -1.56. The minimum Gasteiger partial charge on any atom is -0.497 e. The summed E-state index contributed by atoms with van der Waals surface area (Å²) in [6.07, 6.45) is 0. The van der Waals surface area contributed by atoms with E-state index in [2.05, 4.69) is 0 Å². The zero-order valence-corrected chi connectivity index (χ0v) is 13.4. The molecule has 2 aromatic carbocycles. The zero-order chi connectivity index (χ0) is 15.5. The fourth-order valence-electron chi connectivity index (χ4n) is 1.92. The SMILES string of the molecule is COc1cccc(CN(C)S(=O)(=O)c2cccc(Cl)c2)c1. The fraction of sp³-hybridized carbons (Fsp3) is 0.200. The number of sulfonamides is 1. The number of benzene rings is 2. The molecule has 0 N–H and O–H groups in total. The highest BCUT2D eigenvalue weighted by atomic mass is 35.5. The van der Waals surface area contributed by atoms with Crippen molar-refractivity contribution >= 4 is 21.6 Å². The zero-order valence-electron chi connectivity index (χ0n) is 11.8. The maximum atomic E-state index is 12.5. The van der Waals surface area contributed by atoms with Crippen molar-refractivity contribution in [1.82, 2.24) is 4.31 Å². The summed E-state index contributed by atoms with van der Waals surface area (Å²) >= 11 is 5.86. The molecule has 112 valence electrons. The largest absolute Gasteiger partial charge is 0.497 e. The molecule has 0 heterocycles. The fourth-order valence-corrected chi connectivity index (χ4v) is 3.38. The Kier molecular flexibility index (Phi) is 4.88. The van der Waals surface area contributed by atoms with Crippen molar-refractivity contribution in [2.45, 2.75) is 11.4 Å². The molecular weight excluding hydrogens is 310 g/mol. The molecule has 21 heavy (non-hydrogen) atoms. The van der Waals surface area contributed by atoms with Crippen LogP contribution in [-0.4, -0.2) is 26.9 Å². The van der Waals surface area contributed by atoms with Gasteiger partial charge in [-0.1, -0.05) is 29.8 Å². The first-order valence-corrected chi connectivity index (χ1v) is 8.10. The van der Waals surface area contributed by atoms with E-state index in [0.29, 0.717) is 10.8 Å². The van der Waals surface area contributed by atoms with Gasteiger partial charge in [-0.05, 0) is 35.9 Å². The molecule has 0 bridgehead atoms. The van der Waals surface area contributed by atoms with Crippen LogP contribution in [0, 0.1) is 0 Å². The van der Waals surface area contributed by atoms with Crippen LogP contribution in [0.5, 0.6) is 5.75 Å². The van der Waals surface area contributed by atoms with Crippen LogP contribution in [0.25, 0.3) is 0 Å². The van der Waals surface area contributed by atoms with Gasteiger partial charge in [0.15, 0.2) is 0 Å². The van der Waals surface area contributed by atoms with Crippen LogP contribution in [0.1, 0.15) is 5.56 Å². The van der Waals surface area contributed by atoms with E-state index in [4.69, 9.17) is 16.3 Å². The molecule has 0 aliphatic heterocycles. The Morgan fingerprint density at radius 2 is 1.86 bits per heavy atom. The average Bonchev–Trinajstić information content (AvgIpc) is 2.47. The lowest BCUT2D eigenvalue weighted by Gasteiger charge is -2.17. The lowest BCUT2D eigenvalue weighted by Crippen LogP contribution is -2.26. The molecule has 0 amide bonds. The van der Waals surface area contributed by atoms with E-state index in [1.165, 1.54) is 23.5 Å². The van der Waals surface area contributed by atoms with Crippen molar-refractivity contribution < 1.29 is 13.2 Å². The van der Waals surface area contributed by atoms with E-state index in [1.54, 1.807) is 19.2 Å². The standard InChI is InChI=1S/C15H16ClNO3S/c1-17(11-12-5-3-7-14(9-12)20-2)21(18,19)15-8-4-6-13(16)10-15/h3-10H,11H2,1-2H3. The number of nitrogens with zero attached hydrogens (tertiary/aromatic N) is 1. The number of halogens is 1. The summed E-state index contributed by atoms with van der Waals surface area (Å²) < 4.78 is 31.4. The lowest BCUT2D eigenvalue weighted by atomic mass is 10.2. The van der Waals surface area contributed by atoms with Crippen molar-refractivity contribution in [1.29, 1.82) is 0 Å². The molecule has 0 aliphatic carbocycles. The molecule has 0 spiro atoms. The van der Waals surface area contributed by atoms with Crippen molar-refractivity contribution in [2.24, 2.45) is 0 Å². The maximum Gasteiger partial charge on any atom is 0.243 e. The minimum absolute atomic E-state index is 0.181. The van der Waals surface area contributed by atoms with Crippen molar-refractivity contribution in [3.63, 3.8) is 0 Å². The second-order valence-corrected chi connectivity index (χ2v) is 7.05. The normalized spacial score (nSPS) is 11.6. The van der Waals surface area contributed by atoms with Crippen LogP contribution in [0.15, 0.2) is 53.4 Å². The van der Waals surface area contributed by atoms with Gasteiger partial charge in [0, 0.05) is 18.6 Å². The third kappa shape index (κ3) is 3.75. The van der Waals surface area contributed by atoms with Gasteiger partial charge in [-0.3, -0.25) is 0 Å².